The fraction of sp³-hybridized carbons (Fsp3) is 0.167. The van der Waals surface area contributed by atoms with Gasteiger partial charge in [-0.3, -0.25) is 4.79 Å². The van der Waals surface area contributed by atoms with Gasteiger partial charge in [0.25, 0.3) is 0 Å². The van der Waals surface area contributed by atoms with Crippen LogP contribution in [0.2, 0.25) is 0 Å². The highest BCUT2D eigenvalue weighted by Crippen LogP contribution is 2.16. The van der Waals surface area contributed by atoms with Crippen LogP contribution in [0, 0.1) is 0 Å². The molecule has 0 aromatic heterocycles. The van der Waals surface area contributed by atoms with E-state index in [-0.39, 0.29) is 5.78 Å². The van der Waals surface area contributed by atoms with E-state index in [0.717, 1.165) is 16.2 Å². The van der Waals surface area contributed by atoms with E-state index in [1.54, 1.807) is 17.8 Å². The van der Waals surface area contributed by atoms with Crippen molar-refractivity contribution in [3.63, 3.8) is 0 Å². The van der Waals surface area contributed by atoms with Crippen LogP contribution < -0.4 is 4.74 Å². The predicted molar refractivity (Wildman–Crippen MR) is 89.2 cm³/mol. The summed E-state index contributed by atoms with van der Waals surface area (Å²) in [5, 5.41) is 0. The second-order valence-electron chi connectivity index (χ2n) is 4.43. The zero-order chi connectivity index (χ0) is 15.1. The zero-order valence-corrected chi connectivity index (χ0v) is 13.0. The number of hydrogen-bond acceptors (Lipinski definition) is 3. The number of carbonyl (C=O) groups is 1. The molecule has 0 spiro atoms. The SMILES string of the molecule is CCOc1ccc(C=CC(=O)c2ccc(SC)cc2)cc1. The Morgan fingerprint density at radius 1 is 1.10 bits per heavy atom. The Balaban J connectivity index is 2.03. The van der Waals surface area contributed by atoms with Gasteiger partial charge in [-0.05, 0) is 61.2 Å². The summed E-state index contributed by atoms with van der Waals surface area (Å²) in [6.45, 7) is 2.61. The summed E-state index contributed by atoms with van der Waals surface area (Å²) < 4.78 is 5.38. The van der Waals surface area contributed by atoms with E-state index in [2.05, 4.69) is 0 Å². The van der Waals surface area contributed by atoms with Crippen LogP contribution in [-0.2, 0) is 0 Å². The second-order valence-corrected chi connectivity index (χ2v) is 5.31. The van der Waals surface area contributed by atoms with E-state index in [1.807, 2.05) is 67.8 Å². The Morgan fingerprint density at radius 3 is 2.33 bits per heavy atom. The smallest absolute Gasteiger partial charge is 0.185 e. The van der Waals surface area contributed by atoms with Crippen LogP contribution in [-0.4, -0.2) is 18.6 Å². The Labute approximate surface area is 129 Å². The summed E-state index contributed by atoms with van der Waals surface area (Å²) in [4.78, 5) is 13.2. The van der Waals surface area contributed by atoms with Crippen molar-refractivity contribution in [1.29, 1.82) is 0 Å². The molecule has 0 saturated heterocycles. The average Bonchev–Trinajstić information content (AvgIpc) is 2.54. The number of benzene rings is 2. The third kappa shape index (κ3) is 4.50. The molecule has 0 unspecified atom stereocenters. The third-order valence-electron chi connectivity index (χ3n) is 2.99. The first-order chi connectivity index (χ1) is 10.2. The van der Waals surface area contributed by atoms with Gasteiger partial charge < -0.3 is 4.74 Å². The minimum Gasteiger partial charge on any atom is -0.494 e. The van der Waals surface area contributed by atoms with Gasteiger partial charge in [-0.1, -0.05) is 18.2 Å². The fourth-order valence-electron chi connectivity index (χ4n) is 1.87. The highest BCUT2D eigenvalue weighted by Gasteiger charge is 2.01. The molecule has 0 aliphatic rings. The Hall–Kier alpha value is -2.00. The summed E-state index contributed by atoms with van der Waals surface area (Å²) in [5.41, 5.74) is 1.68. The molecule has 2 aromatic rings. The largest absolute Gasteiger partial charge is 0.494 e. The first kappa shape index (κ1) is 15.4. The van der Waals surface area contributed by atoms with E-state index in [4.69, 9.17) is 4.74 Å². The van der Waals surface area contributed by atoms with Gasteiger partial charge in [0.05, 0.1) is 6.61 Å². The quantitative estimate of drug-likeness (QED) is 0.439. The van der Waals surface area contributed by atoms with Crippen LogP contribution in [0.25, 0.3) is 6.08 Å². The van der Waals surface area contributed by atoms with Gasteiger partial charge in [-0.2, -0.15) is 0 Å². The van der Waals surface area contributed by atoms with Gasteiger partial charge in [0, 0.05) is 10.5 Å². The summed E-state index contributed by atoms with van der Waals surface area (Å²) in [5.74, 6) is 0.852. The number of hydrogen-bond donors (Lipinski definition) is 0. The maximum atomic E-state index is 12.1. The molecule has 0 fully saturated rings. The lowest BCUT2D eigenvalue weighted by Gasteiger charge is -2.02. The second kappa shape index (κ2) is 7.70. The molecule has 2 nitrogen and oxygen atoms in total. The lowest BCUT2D eigenvalue weighted by molar-refractivity contribution is 0.104. The lowest BCUT2D eigenvalue weighted by atomic mass is 10.1. The van der Waals surface area contributed by atoms with Crippen LogP contribution in [0.15, 0.2) is 59.5 Å². The molecule has 0 N–H and O–H groups in total. The molecule has 0 heterocycles. The molecule has 0 amide bonds. The number of rotatable bonds is 6. The highest BCUT2D eigenvalue weighted by atomic mass is 32.2. The molecule has 0 aliphatic carbocycles. The topological polar surface area (TPSA) is 26.3 Å². The van der Waals surface area contributed by atoms with Crippen molar-refractivity contribution in [2.24, 2.45) is 0 Å². The molecule has 0 atom stereocenters. The van der Waals surface area contributed by atoms with Crippen molar-refractivity contribution in [2.75, 3.05) is 12.9 Å². The van der Waals surface area contributed by atoms with E-state index in [1.165, 1.54) is 0 Å². The van der Waals surface area contributed by atoms with Crippen LogP contribution in [0.3, 0.4) is 0 Å². The molecular formula is C18H18O2S. The van der Waals surface area contributed by atoms with E-state index in [0.29, 0.717) is 12.2 Å². The van der Waals surface area contributed by atoms with Crippen LogP contribution in [0.4, 0.5) is 0 Å². The van der Waals surface area contributed by atoms with E-state index in [9.17, 15) is 4.79 Å². The van der Waals surface area contributed by atoms with Gasteiger partial charge in [0.1, 0.15) is 5.75 Å². The molecule has 2 rings (SSSR count). The number of thioether (sulfide) groups is 1. The number of allylic oxidation sites excluding steroid dienone is 1. The molecule has 21 heavy (non-hydrogen) atoms. The summed E-state index contributed by atoms with van der Waals surface area (Å²) >= 11 is 1.66. The van der Waals surface area contributed by atoms with Gasteiger partial charge in [0.15, 0.2) is 5.78 Å². The summed E-state index contributed by atoms with van der Waals surface area (Å²) in [6.07, 6.45) is 5.44. The van der Waals surface area contributed by atoms with Crippen molar-refractivity contribution in [1.82, 2.24) is 0 Å². The lowest BCUT2D eigenvalue weighted by Crippen LogP contribution is -1.93. The monoisotopic (exact) mass is 298 g/mol. The predicted octanol–water partition coefficient (Wildman–Crippen LogP) is 4.70. The first-order valence-corrected chi connectivity index (χ1v) is 8.04. The molecular weight excluding hydrogens is 280 g/mol. The van der Waals surface area contributed by atoms with Gasteiger partial charge >= 0.3 is 0 Å². The molecule has 0 saturated carbocycles. The third-order valence-corrected chi connectivity index (χ3v) is 3.74. The molecule has 0 radical (unpaired) electrons. The summed E-state index contributed by atoms with van der Waals surface area (Å²) in [7, 11) is 0. The zero-order valence-electron chi connectivity index (χ0n) is 12.2. The number of ketones is 1. The number of ether oxygens (including phenoxy) is 1. The minimum atomic E-state index is 0.0107. The molecule has 0 aliphatic heterocycles. The van der Waals surface area contributed by atoms with E-state index < -0.39 is 0 Å². The van der Waals surface area contributed by atoms with Crippen LogP contribution in [0.1, 0.15) is 22.8 Å². The average molecular weight is 298 g/mol. The van der Waals surface area contributed by atoms with Crippen molar-refractivity contribution in [3.05, 3.63) is 65.7 Å². The molecule has 2 aromatic carbocycles. The Bertz CT molecular complexity index is 613. The molecule has 3 heteroatoms. The van der Waals surface area contributed by atoms with Crippen molar-refractivity contribution in [2.45, 2.75) is 11.8 Å². The Kier molecular flexibility index (Phi) is 5.64. The first-order valence-electron chi connectivity index (χ1n) is 6.82. The molecule has 108 valence electrons. The summed E-state index contributed by atoms with van der Waals surface area (Å²) in [6, 6.07) is 15.3. The fourth-order valence-corrected chi connectivity index (χ4v) is 2.27. The van der Waals surface area contributed by atoms with Gasteiger partial charge in [-0.15, -0.1) is 11.8 Å². The number of carbonyl (C=O) groups excluding carboxylic acids is 1. The maximum absolute atomic E-state index is 12.1. The van der Waals surface area contributed by atoms with Crippen LogP contribution in [0.5, 0.6) is 5.75 Å². The van der Waals surface area contributed by atoms with E-state index >= 15 is 0 Å². The van der Waals surface area contributed by atoms with Gasteiger partial charge in [0.2, 0.25) is 0 Å². The van der Waals surface area contributed by atoms with Crippen molar-refractivity contribution < 1.29 is 9.53 Å². The van der Waals surface area contributed by atoms with Crippen molar-refractivity contribution >= 4 is 23.6 Å². The normalized spacial score (nSPS) is 10.8. The standard InChI is InChI=1S/C18H18O2S/c1-3-20-16-9-4-14(5-10-16)6-13-18(19)15-7-11-17(21-2)12-8-15/h4-13H,3H2,1-2H3. The van der Waals surface area contributed by atoms with Crippen molar-refractivity contribution in [3.8, 4) is 5.75 Å². The molecule has 0 bridgehead atoms. The van der Waals surface area contributed by atoms with Crippen LogP contribution >= 0.6 is 11.8 Å². The van der Waals surface area contributed by atoms with Gasteiger partial charge in [-0.25, -0.2) is 0 Å². The Morgan fingerprint density at radius 2 is 1.76 bits per heavy atom. The maximum Gasteiger partial charge on any atom is 0.185 e. The minimum absolute atomic E-state index is 0.0107. The highest BCUT2D eigenvalue weighted by molar-refractivity contribution is 7.98.